The highest BCUT2D eigenvalue weighted by molar-refractivity contribution is 5.69. The molecule has 0 unspecified atom stereocenters. The molecule has 21 heteroatoms. The number of ether oxygens (including phenoxy) is 3. The molecule has 388 valence electrons. The minimum atomic E-state index is -0.588. The molecule has 18 nitrogen and oxygen atoms in total. The molecule has 9 N–H and O–H groups in total. The first-order valence-corrected chi connectivity index (χ1v) is 23.9. The quantitative estimate of drug-likeness (QED) is 0.0382. The van der Waals surface area contributed by atoms with Crippen molar-refractivity contribution in [3.05, 3.63) is 115 Å². The number of carbonyl (C=O) groups excluding carboxylic acids is 2. The van der Waals surface area contributed by atoms with Crippen LogP contribution in [0.25, 0.3) is 22.5 Å². The van der Waals surface area contributed by atoms with E-state index >= 15 is 0 Å². The third-order valence-corrected chi connectivity index (χ3v) is 11.1. The Balaban J connectivity index is 0.000000207. The number of nitrogens with one attached hydrogen (secondary N) is 4. The van der Waals surface area contributed by atoms with Gasteiger partial charge in [0.1, 0.15) is 34.3 Å². The van der Waals surface area contributed by atoms with E-state index in [0.29, 0.717) is 40.3 Å². The van der Waals surface area contributed by atoms with Crippen LogP contribution in [-0.2, 0) is 9.47 Å². The van der Waals surface area contributed by atoms with Crippen LogP contribution < -0.4 is 37.5 Å². The number of nitrogen functional groups attached to an aromatic ring is 2. The second kappa shape index (κ2) is 24.9. The van der Waals surface area contributed by atoms with Gasteiger partial charge in [-0.05, 0) is 154 Å². The van der Waals surface area contributed by atoms with Crippen LogP contribution in [0.15, 0.2) is 97.6 Å². The summed E-state index contributed by atoms with van der Waals surface area (Å²) in [6.45, 7) is 11.1. The van der Waals surface area contributed by atoms with Crippen molar-refractivity contribution in [2.75, 3.05) is 22.1 Å². The van der Waals surface area contributed by atoms with Gasteiger partial charge in [0, 0.05) is 61.1 Å². The van der Waals surface area contributed by atoms with Gasteiger partial charge in [-0.25, -0.2) is 48.3 Å². The molecular weight excluding hydrogens is 946 g/mol. The molecule has 2 aliphatic rings. The minimum Gasteiger partial charge on any atom is -0.508 e. The molecule has 4 aromatic heterocycles. The van der Waals surface area contributed by atoms with Crippen molar-refractivity contribution < 1.29 is 42.1 Å². The van der Waals surface area contributed by atoms with Crippen molar-refractivity contribution in [1.82, 2.24) is 40.5 Å². The second-order valence-corrected chi connectivity index (χ2v) is 19.4. The Morgan fingerprint density at radius 2 is 1.03 bits per heavy atom. The number of phenols is 1. The lowest BCUT2D eigenvalue weighted by Gasteiger charge is -2.30. The number of nitrogens with zero attached hydrogens (tertiary/aromatic N) is 6. The van der Waals surface area contributed by atoms with E-state index in [2.05, 4.69) is 51.2 Å². The number of alkyl carbamates (subject to hydrolysis) is 2. The average molecular weight is 1010 g/mol. The number of rotatable bonds is 10. The number of aromatic hydroxyl groups is 1. The number of hydrogen-bond acceptors (Lipinski definition) is 16. The van der Waals surface area contributed by atoms with Gasteiger partial charge in [0.2, 0.25) is 23.7 Å². The lowest BCUT2D eigenvalue weighted by Crippen LogP contribution is -2.42. The van der Waals surface area contributed by atoms with Crippen molar-refractivity contribution in [2.45, 2.75) is 128 Å². The van der Waals surface area contributed by atoms with Crippen molar-refractivity contribution in [1.29, 1.82) is 0 Å². The first-order chi connectivity index (χ1) is 34.7. The van der Waals surface area contributed by atoms with Gasteiger partial charge < -0.3 is 52.1 Å². The Kier molecular flexibility index (Phi) is 18.6. The molecule has 6 aromatic rings. The number of nitrogens with two attached hydrogens (primary N) is 2. The van der Waals surface area contributed by atoms with Gasteiger partial charge in [-0.3, -0.25) is 0 Å². The van der Waals surface area contributed by atoms with E-state index in [1.54, 1.807) is 55.0 Å². The summed E-state index contributed by atoms with van der Waals surface area (Å²) in [5.41, 5.74) is 11.8. The molecule has 0 atom stereocenters. The van der Waals surface area contributed by atoms with E-state index in [-0.39, 0.29) is 59.2 Å². The van der Waals surface area contributed by atoms with E-state index < -0.39 is 28.8 Å². The van der Waals surface area contributed by atoms with Crippen LogP contribution in [0.3, 0.4) is 0 Å². The fourth-order valence-corrected chi connectivity index (χ4v) is 7.68. The zero-order chi connectivity index (χ0) is 52.7. The fraction of sp³-hybridized carbons (Fsp3) is 0.385. The fourth-order valence-electron chi connectivity index (χ4n) is 7.68. The van der Waals surface area contributed by atoms with Crippen LogP contribution in [0.1, 0.15) is 92.9 Å². The van der Waals surface area contributed by atoms with Crippen molar-refractivity contribution >= 4 is 35.5 Å². The summed E-state index contributed by atoms with van der Waals surface area (Å²) in [6.07, 6.45) is 12.3. The van der Waals surface area contributed by atoms with Gasteiger partial charge >= 0.3 is 12.2 Å². The van der Waals surface area contributed by atoms with Gasteiger partial charge in [0.25, 0.3) is 0 Å². The van der Waals surface area contributed by atoms with E-state index in [1.165, 1.54) is 30.5 Å². The number of carbonyl (C=O) groups is 2. The molecule has 4 heterocycles. The largest absolute Gasteiger partial charge is 0.508 e. The number of phenolic OH excluding ortho intramolecular Hbond substituents is 1. The normalized spacial score (nSPS) is 17.5. The van der Waals surface area contributed by atoms with E-state index in [0.717, 1.165) is 57.4 Å². The Bertz CT molecular complexity index is 2780. The minimum absolute atomic E-state index is 0.0461. The van der Waals surface area contributed by atoms with Crippen LogP contribution >= 0.6 is 0 Å². The number of benzene rings is 2. The van der Waals surface area contributed by atoms with Gasteiger partial charge in [0.15, 0.2) is 0 Å². The van der Waals surface area contributed by atoms with Gasteiger partial charge in [0.05, 0.1) is 33.9 Å². The molecule has 2 saturated carbocycles. The number of hydrogen-bond donors (Lipinski definition) is 7. The van der Waals surface area contributed by atoms with E-state index in [9.17, 15) is 22.8 Å². The number of pyridine rings is 2. The molecule has 2 aromatic carbocycles. The van der Waals surface area contributed by atoms with Crippen LogP contribution in [0.5, 0.6) is 17.4 Å². The summed E-state index contributed by atoms with van der Waals surface area (Å²) in [4.78, 5) is 49.6. The number of amides is 2. The molecule has 0 saturated heterocycles. The first kappa shape index (κ1) is 54.4. The highest BCUT2D eigenvalue weighted by atomic mass is 19.1. The Hall–Kier alpha value is -7.97. The maximum absolute atomic E-state index is 13.9. The summed E-state index contributed by atoms with van der Waals surface area (Å²) >= 11 is 0. The van der Waals surface area contributed by atoms with E-state index in [1.807, 2.05) is 47.6 Å². The molecule has 0 aliphatic heterocycles. The topological polar surface area (TPSA) is 260 Å². The summed E-state index contributed by atoms with van der Waals surface area (Å²) < 4.78 is 56.5. The molecule has 0 spiro atoms. The molecular formula is C52H63F3N12O6. The summed E-state index contributed by atoms with van der Waals surface area (Å²) in [6, 6.07) is 18.8. The highest BCUT2D eigenvalue weighted by Crippen LogP contribution is 2.32. The highest BCUT2D eigenvalue weighted by Gasteiger charge is 2.27. The lowest BCUT2D eigenvalue weighted by molar-refractivity contribution is 0.0480. The Morgan fingerprint density at radius 3 is 1.49 bits per heavy atom. The van der Waals surface area contributed by atoms with Crippen LogP contribution in [0, 0.1) is 17.6 Å². The molecule has 0 radical (unpaired) electrons. The molecule has 2 fully saturated rings. The van der Waals surface area contributed by atoms with Crippen molar-refractivity contribution in [3.63, 3.8) is 0 Å². The molecule has 8 rings (SSSR count). The number of anilines is 4. The van der Waals surface area contributed by atoms with Gasteiger partial charge in [-0.1, -0.05) is 0 Å². The van der Waals surface area contributed by atoms with Crippen LogP contribution in [0.2, 0.25) is 0 Å². The van der Waals surface area contributed by atoms with Gasteiger partial charge in [-0.15, -0.1) is 0 Å². The zero-order valence-electron chi connectivity index (χ0n) is 41.7. The SMILES string of the molecule is CC(C)(C)OC(=O)NC1CCC(Nc2nccc(-c3cccnc3F)n2)CC1.CC(C)(C)OC(=O)NC1CCC(Nc2nccc(-c3cccnc3Oc3ccc(N)c(F)c3)n2)CC1.Nc1ccc(O)cc1F. The Labute approximate surface area is 422 Å². The maximum atomic E-state index is 13.9. The smallest absolute Gasteiger partial charge is 0.407 e. The Morgan fingerprint density at radius 1 is 0.575 bits per heavy atom. The van der Waals surface area contributed by atoms with Crippen molar-refractivity contribution in [2.24, 2.45) is 0 Å². The lowest BCUT2D eigenvalue weighted by atomic mass is 9.91. The average Bonchev–Trinajstić information content (AvgIpc) is 3.32. The molecule has 2 aliphatic carbocycles. The predicted octanol–water partition coefficient (Wildman–Crippen LogP) is 10.3. The number of aromatic nitrogens is 6. The summed E-state index contributed by atoms with van der Waals surface area (Å²) in [5, 5.41) is 21.2. The first-order valence-electron chi connectivity index (χ1n) is 23.9. The second-order valence-electron chi connectivity index (χ2n) is 19.4. The van der Waals surface area contributed by atoms with Crippen molar-refractivity contribution in [3.8, 4) is 39.9 Å². The third kappa shape index (κ3) is 17.7. The van der Waals surface area contributed by atoms with E-state index in [4.69, 9.17) is 30.8 Å². The van der Waals surface area contributed by atoms with Crippen LogP contribution in [-0.4, -0.2) is 82.6 Å². The zero-order valence-corrected chi connectivity index (χ0v) is 41.7. The maximum Gasteiger partial charge on any atom is 0.407 e. The van der Waals surface area contributed by atoms with Gasteiger partial charge in [-0.2, -0.15) is 4.39 Å². The predicted molar refractivity (Wildman–Crippen MR) is 272 cm³/mol. The summed E-state index contributed by atoms with van der Waals surface area (Å²) in [7, 11) is 0. The number of halogens is 3. The molecule has 0 bridgehead atoms. The molecule has 2 amide bonds. The standard InChI is InChI=1S/C26H31FN6O3.C20H26FN5O2.C6H6FNO/c1-26(2,3)36-25(34)32-17-8-6-16(7-9-17)31-24-30-14-12-22(33-24)19-5-4-13-29-23(19)35-18-10-11-21(28)20(27)15-18;1-20(2,3)28-19(27)25-14-8-6-13(7-9-14)24-18-23-12-10-16(26-18)15-5-4-11-22-17(15)21;7-5-3-4(9)1-2-6(5)8/h4-5,10-17H,6-9,28H2,1-3H3,(H,32,34)(H,30,31,33);4-5,10-14H,6-9H2,1-3H3,(H,25,27)(H,23,24,26);1-3,9H,8H2. The van der Waals surface area contributed by atoms with Crippen LogP contribution in [0.4, 0.5) is 46.0 Å². The molecule has 73 heavy (non-hydrogen) atoms. The monoisotopic (exact) mass is 1010 g/mol. The third-order valence-electron chi connectivity index (χ3n) is 11.1. The summed E-state index contributed by atoms with van der Waals surface area (Å²) in [5.74, 6) is -0.286.